The van der Waals surface area contributed by atoms with Gasteiger partial charge >= 0.3 is 0 Å². The Morgan fingerprint density at radius 3 is 2.38 bits per heavy atom. The van der Waals surface area contributed by atoms with Crippen LogP contribution in [0.5, 0.6) is 5.75 Å². The second-order valence-electron chi connectivity index (χ2n) is 10.5. The Bertz CT molecular complexity index is 1420. The molecule has 2 fully saturated rings. The molecule has 4 atom stereocenters. The highest BCUT2D eigenvalue weighted by molar-refractivity contribution is 6.15. The number of phenols is 1. The standard InChI is InChI=1S/C30H29N3O4/c1-17-14-18(2)26-22(15-17)30(29(37)31-26)25-24(23(32-30)16-20-8-10-21(34)11-9-20)27(35)33(28(25)36)13-12-19-6-4-3-5-7-19/h3-11,14-15,23-25,32,34H,12-13,16H2,1-2H3,(H,31,37)/t23-,24+,25-,30-/m0/s1. The van der Waals surface area contributed by atoms with E-state index in [-0.39, 0.29) is 30.0 Å². The number of amides is 3. The van der Waals surface area contributed by atoms with Crippen molar-refractivity contribution < 1.29 is 19.5 Å². The van der Waals surface area contributed by atoms with Crippen LogP contribution in [0.25, 0.3) is 0 Å². The lowest BCUT2D eigenvalue weighted by atomic mass is 9.75. The van der Waals surface area contributed by atoms with Crippen molar-refractivity contribution in [2.75, 3.05) is 11.9 Å². The Labute approximate surface area is 215 Å². The normalized spacial score (nSPS) is 26.1. The molecular formula is C30H29N3O4. The Balaban J connectivity index is 1.42. The molecule has 0 unspecified atom stereocenters. The molecule has 188 valence electrons. The summed E-state index contributed by atoms with van der Waals surface area (Å²) in [5.74, 6) is -2.16. The molecule has 3 amide bonds. The van der Waals surface area contributed by atoms with E-state index >= 15 is 0 Å². The fourth-order valence-electron chi connectivity index (χ4n) is 6.48. The first kappa shape index (κ1) is 23.4. The molecule has 3 N–H and O–H groups in total. The highest BCUT2D eigenvalue weighted by atomic mass is 16.3. The molecule has 3 heterocycles. The van der Waals surface area contributed by atoms with Gasteiger partial charge in [0, 0.05) is 23.8 Å². The first-order chi connectivity index (χ1) is 17.8. The van der Waals surface area contributed by atoms with Crippen LogP contribution in [0.3, 0.4) is 0 Å². The van der Waals surface area contributed by atoms with Crippen LogP contribution < -0.4 is 10.6 Å². The summed E-state index contributed by atoms with van der Waals surface area (Å²) in [4.78, 5) is 43.0. The third-order valence-electron chi connectivity index (χ3n) is 8.12. The lowest BCUT2D eigenvalue weighted by Crippen LogP contribution is -2.53. The molecule has 7 heteroatoms. The summed E-state index contributed by atoms with van der Waals surface area (Å²) in [6.07, 6.45) is 1.00. The number of nitrogens with one attached hydrogen (secondary N) is 2. The number of carbonyl (C=O) groups is 3. The molecule has 3 aliphatic heterocycles. The average molecular weight is 496 g/mol. The van der Waals surface area contributed by atoms with Gasteiger partial charge in [-0.05, 0) is 55.5 Å². The first-order valence-electron chi connectivity index (χ1n) is 12.7. The van der Waals surface area contributed by atoms with Gasteiger partial charge < -0.3 is 10.4 Å². The van der Waals surface area contributed by atoms with Gasteiger partial charge in [-0.2, -0.15) is 0 Å². The molecule has 0 bridgehead atoms. The minimum atomic E-state index is -1.31. The van der Waals surface area contributed by atoms with E-state index in [1.165, 1.54) is 4.90 Å². The third-order valence-corrected chi connectivity index (χ3v) is 8.12. The second-order valence-corrected chi connectivity index (χ2v) is 10.5. The zero-order valence-corrected chi connectivity index (χ0v) is 20.8. The van der Waals surface area contributed by atoms with E-state index in [1.54, 1.807) is 12.1 Å². The molecule has 1 spiro atoms. The van der Waals surface area contributed by atoms with Crippen molar-refractivity contribution in [2.45, 2.75) is 38.3 Å². The van der Waals surface area contributed by atoms with Gasteiger partial charge in [0.15, 0.2) is 0 Å². The van der Waals surface area contributed by atoms with Gasteiger partial charge in [0.05, 0.1) is 11.8 Å². The Morgan fingerprint density at radius 1 is 0.919 bits per heavy atom. The van der Waals surface area contributed by atoms with Gasteiger partial charge in [0.2, 0.25) is 17.7 Å². The third kappa shape index (κ3) is 3.56. The lowest BCUT2D eigenvalue weighted by molar-refractivity contribution is -0.142. The van der Waals surface area contributed by atoms with Crippen molar-refractivity contribution in [3.8, 4) is 5.75 Å². The summed E-state index contributed by atoms with van der Waals surface area (Å²) in [5, 5.41) is 16.2. The average Bonchev–Trinajstić information content (AvgIpc) is 3.45. The number of carbonyl (C=O) groups excluding carboxylic acids is 3. The zero-order chi connectivity index (χ0) is 25.9. The lowest BCUT2D eigenvalue weighted by Gasteiger charge is -2.30. The number of aromatic hydroxyl groups is 1. The van der Waals surface area contributed by atoms with Crippen LogP contribution in [0.15, 0.2) is 66.7 Å². The fraction of sp³-hybridized carbons (Fsp3) is 0.300. The van der Waals surface area contributed by atoms with Gasteiger partial charge in [-0.25, -0.2) is 0 Å². The van der Waals surface area contributed by atoms with Crippen LogP contribution in [0.1, 0.15) is 27.8 Å². The summed E-state index contributed by atoms with van der Waals surface area (Å²) in [5.41, 5.74) is 4.02. The smallest absolute Gasteiger partial charge is 0.250 e. The predicted octanol–water partition coefficient (Wildman–Crippen LogP) is 3.21. The maximum Gasteiger partial charge on any atom is 0.250 e. The van der Waals surface area contributed by atoms with E-state index in [9.17, 15) is 19.5 Å². The van der Waals surface area contributed by atoms with Gasteiger partial charge in [-0.1, -0.05) is 60.2 Å². The molecule has 3 aliphatic rings. The molecule has 0 saturated carbocycles. The maximum absolute atomic E-state index is 14.0. The number of likely N-dealkylation sites (tertiary alicyclic amines) is 1. The van der Waals surface area contributed by atoms with Gasteiger partial charge in [-0.3, -0.25) is 24.6 Å². The van der Waals surface area contributed by atoms with Crippen molar-refractivity contribution in [3.05, 3.63) is 94.5 Å². The van der Waals surface area contributed by atoms with E-state index in [2.05, 4.69) is 10.6 Å². The minimum Gasteiger partial charge on any atom is -0.508 e. The van der Waals surface area contributed by atoms with Crippen molar-refractivity contribution in [1.82, 2.24) is 10.2 Å². The van der Waals surface area contributed by atoms with Crippen LogP contribution >= 0.6 is 0 Å². The summed E-state index contributed by atoms with van der Waals surface area (Å²) < 4.78 is 0. The summed E-state index contributed by atoms with van der Waals surface area (Å²) in [6.45, 7) is 4.19. The SMILES string of the molecule is Cc1cc(C)c2c(c1)[C@@]1(N[C@@H](Cc3ccc(O)cc3)[C@H]3C(=O)N(CCc4ccccc4)C(=O)[C@H]31)C(=O)N2. The van der Waals surface area contributed by atoms with Crippen molar-refractivity contribution >= 4 is 23.4 Å². The van der Waals surface area contributed by atoms with E-state index in [0.29, 0.717) is 12.8 Å². The van der Waals surface area contributed by atoms with Crippen LogP contribution in [0, 0.1) is 25.7 Å². The van der Waals surface area contributed by atoms with E-state index in [4.69, 9.17) is 0 Å². The summed E-state index contributed by atoms with van der Waals surface area (Å²) in [7, 11) is 0. The molecule has 2 saturated heterocycles. The maximum atomic E-state index is 14.0. The molecule has 6 rings (SSSR count). The number of fused-ring (bicyclic) bond motifs is 4. The number of aryl methyl sites for hydroxylation is 2. The Kier molecular flexibility index (Phi) is 5.42. The topological polar surface area (TPSA) is 98.7 Å². The number of anilines is 1. The van der Waals surface area contributed by atoms with E-state index in [0.717, 1.165) is 33.5 Å². The number of nitrogens with zero attached hydrogens (tertiary/aromatic N) is 1. The Hall–Kier alpha value is -3.97. The van der Waals surface area contributed by atoms with Gasteiger partial charge in [0.1, 0.15) is 11.3 Å². The highest BCUT2D eigenvalue weighted by Gasteiger charge is 2.70. The quantitative estimate of drug-likeness (QED) is 0.472. The van der Waals surface area contributed by atoms with Crippen molar-refractivity contribution in [1.29, 1.82) is 0 Å². The van der Waals surface area contributed by atoms with Gasteiger partial charge in [0.25, 0.3) is 0 Å². The molecule has 0 aliphatic carbocycles. The van der Waals surface area contributed by atoms with Crippen LogP contribution in [0.4, 0.5) is 5.69 Å². The van der Waals surface area contributed by atoms with Crippen LogP contribution in [0.2, 0.25) is 0 Å². The first-order valence-corrected chi connectivity index (χ1v) is 12.7. The Morgan fingerprint density at radius 2 is 1.65 bits per heavy atom. The van der Waals surface area contributed by atoms with E-state index < -0.39 is 23.4 Å². The molecule has 3 aromatic carbocycles. The molecule has 0 aromatic heterocycles. The van der Waals surface area contributed by atoms with Crippen LogP contribution in [-0.2, 0) is 32.8 Å². The molecular weight excluding hydrogens is 466 g/mol. The summed E-state index contributed by atoms with van der Waals surface area (Å²) in [6, 6.07) is 20.1. The van der Waals surface area contributed by atoms with Crippen LogP contribution in [-0.4, -0.2) is 40.3 Å². The zero-order valence-electron chi connectivity index (χ0n) is 20.8. The number of rotatable bonds is 5. The summed E-state index contributed by atoms with van der Waals surface area (Å²) >= 11 is 0. The highest BCUT2D eigenvalue weighted by Crippen LogP contribution is 2.54. The number of phenolic OH excluding ortho intramolecular Hbond substituents is 1. The molecule has 37 heavy (non-hydrogen) atoms. The van der Waals surface area contributed by atoms with Crippen molar-refractivity contribution in [2.24, 2.45) is 11.8 Å². The number of hydrogen-bond acceptors (Lipinski definition) is 5. The number of benzene rings is 3. The minimum absolute atomic E-state index is 0.159. The molecule has 7 nitrogen and oxygen atoms in total. The molecule has 0 radical (unpaired) electrons. The second kappa shape index (κ2) is 8.56. The van der Waals surface area contributed by atoms with Crippen molar-refractivity contribution in [3.63, 3.8) is 0 Å². The number of hydrogen-bond donors (Lipinski definition) is 3. The number of imide groups is 1. The predicted molar refractivity (Wildman–Crippen MR) is 139 cm³/mol. The molecule has 3 aromatic rings. The monoisotopic (exact) mass is 495 g/mol. The van der Waals surface area contributed by atoms with E-state index in [1.807, 2.05) is 68.4 Å². The van der Waals surface area contributed by atoms with Gasteiger partial charge in [-0.15, -0.1) is 0 Å². The largest absolute Gasteiger partial charge is 0.508 e. The fourth-order valence-corrected chi connectivity index (χ4v) is 6.48.